The topological polar surface area (TPSA) is 15.7 Å². The minimum atomic E-state index is 0.545. The molecule has 2 fully saturated rings. The molecule has 0 atom stereocenters. The van der Waals surface area contributed by atoms with Crippen molar-refractivity contribution >= 4 is 34.4 Å². The molecule has 0 aliphatic carbocycles. The first-order valence-corrected chi connectivity index (χ1v) is 9.22. The fourth-order valence-corrected chi connectivity index (χ4v) is 3.58. The van der Waals surface area contributed by atoms with Gasteiger partial charge in [-0.05, 0) is 25.7 Å². The molecule has 0 amide bonds. The van der Waals surface area contributed by atoms with Gasteiger partial charge < -0.3 is 14.5 Å². The summed E-state index contributed by atoms with van der Waals surface area (Å²) >= 11 is 11.0. The fraction of sp³-hybridized carbons (Fsp3) is 0.875. The van der Waals surface area contributed by atoms with Crippen molar-refractivity contribution in [2.45, 2.75) is 51.4 Å². The molecule has 5 heteroatoms. The molecule has 2 aliphatic heterocycles. The van der Waals surface area contributed by atoms with E-state index in [1.807, 2.05) is 0 Å². The molecular weight excluding hydrogens is 300 g/mol. The molecule has 0 radical (unpaired) electrons. The van der Waals surface area contributed by atoms with Crippen molar-refractivity contribution in [3.05, 3.63) is 0 Å². The molecule has 0 aromatic carbocycles. The number of hydrogen-bond donors (Lipinski definition) is 0. The van der Waals surface area contributed by atoms with Crippen molar-refractivity contribution in [3.63, 3.8) is 0 Å². The number of nitrogens with zero attached hydrogens (tertiary/aromatic N) is 2. The van der Waals surface area contributed by atoms with E-state index in [0.29, 0.717) is 13.2 Å². The largest absolute Gasteiger partial charge is 0.367 e. The predicted octanol–water partition coefficient (Wildman–Crippen LogP) is 3.41. The number of ether oxygens (including phenoxy) is 1. The van der Waals surface area contributed by atoms with Crippen molar-refractivity contribution in [1.82, 2.24) is 9.80 Å². The smallest absolute Gasteiger partial charge is 0.104 e. The molecule has 21 heavy (non-hydrogen) atoms. The molecule has 2 aliphatic rings. The lowest BCUT2D eigenvalue weighted by Gasteiger charge is -2.25. The molecule has 0 unspecified atom stereocenters. The van der Waals surface area contributed by atoms with Crippen LogP contribution in [0.3, 0.4) is 0 Å². The minimum absolute atomic E-state index is 0.545. The Labute approximate surface area is 140 Å². The van der Waals surface area contributed by atoms with E-state index in [4.69, 9.17) is 29.2 Å². The molecule has 2 rings (SSSR count). The maximum atomic E-state index is 5.78. The molecule has 0 aromatic rings. The summed E-state index contributed by atoms with van der Waals surface area (Å²) in [6.45, 7) is 5.47. The average molecular weight is 329 g/mol. The zero-order chi connectivity index (χ0) is 14.9. The lowest BCUT2D eigenvalue weighted by atomic mass is 10.2. The third-order valence-electron chi connectivity index (χ3n) is 4.37. The Kier molecular flexibility index (Phi) is 7.89. The van der Waals surface area contributed by atoms with Gasteiger partial charge in [-0.3, -0.25) is 0 Å². The van der Waals surface area contributed by atoms with Crippen LogP contribution in [0.5, 0.6) is 0 Å². The van der Waals surface area contributed by atoms with E-state index in [1.54, 1.807) is 0 Å². The van der Waals surface area contributed by atoms with Crippen molar-refractivity contribution < 1.29 is 4.74 Å². The van der Waals surface area contributed by atoms with Gasteiger partial charge in [0.15, 0.2) is 0 Å². The Hall–Kier alpha value is -0.260. The first-order chi connectivity index (χ1) is 10.3. The van der Waals surface area contributed by atoms with Crippen molar-refractivity contribution in [1.29, 1.82) is 0 Å². The highest BCUT2D eigenvalue weighted by atomic mass is 32.1. The minimum Gasteiger partial charge on any atom is -0.367 e. The SMILES string of the molecule is S=C(COCC(=S)N1CCCCCC1)N1CCCCCC1. The highest BCUT2D eigenvalue weighted by Crippen LogP contribution is 2.12. The Balaban J connectivity index is 1.65. The van der Waals surface area contributed by atoms with Crippen LogP contribution in [0.4, 0.5) is 0 Å². The number of thiocarbonyl (C=S) groups is 2. The maximum Gasteiger partial charge on any atom is 0.104 e. The van der Waals surface area contributed by atoms with Gasteiger partial charge in [0, 0.05) is 26.2 Å². The number of likely N-dealkylation sites (tertiary alicyclic amines) is 2. The van der Waals surface area contributed by atoms with Crippen LogP contribution in [0.1, 0.15) is 51.4 Å². The monoisotopic (exact) mass is 328 g/mol. The van der Waals surface area contributed by atoms with Crippen LogP contribution in [-0.2, 0) is 4.74 Å². The third kappa shape index (κ3) is 6.17. The molecule has 120 valence electrons. The van der Waals surface area contributed by atoms with E-state index in [-0.39, 0.29) is 0 Å². The van der Waals surface area contributed by atoms with Crippen LogP contribution in [0.25, 0.3) is 0 Å². The summed E-state index contributed by atoms with van der Waals surface area (Å²) in [5.41, 5.74) is 0. The second kappa shape index (κ2) is 9.70. The van der Waals surface area contributed by atoms with E-state index in [1.165, 1.54) is 51.4 Å². The summed E-state index contributed by atoms with van der Waals surface area (Å²) in [7, 11) is 0. The quantitative estimate of drug-likeness (QED) is 0.733. The molecule has 0 aromatic heterocycles. The second-order valence-corrected chi connectivity index (χ2v) is 7.03. The molecule has 0 saturated carbocycles. The van der Waals surface area contributed by atoms with Gasteiger partial charge in [0.25, 0.3) is 0 Å². The molecule has 0 N–H and O–H groups in total. The standard InChI is InChI=1S/C16H28N2OS2/c20-15(17-9-5-1-2-6-10-17)13-19-14-16(21)18-11-7-3-4-8-12-18/h1-14H2. The summed E-state index contributed by atoms with van der Waals surface area (Å²) in [6.07, 6.45) is 10.4. The van der Waals surface area contributed by atoms with Crippen LogP contribution < -0.4 is 0 Å². The van der Waals surface area contributed by atoms with Crippen LogP contribution in [-0.4, -0.2) is 59.2 Å². The van der Waals surface area contributed by atoms with Gasteiger partial charge in [-0.2, -0.15) is 0 Å². The second-order valence-electron chi connectivity index (χ2n) is 6.08. The summed E-state index contributed by atoms with van der Waals surface area (Å²) in [4.78, 5) is 6.54. The van der Waals surface area contributed by atoms with Crippen molar-refractivity contribution in [2.75, 3.05) is 39.4 Å². The van der Waals surface area contributed by atoms with Crippen LogP contribution >= 0.6 is 24.4 Å². The van der Waals surface area contributed by atoms with Gasteiger partial charge in [-0.15, -0.1) is 0 Å². The molecule has 2 heterocycles. The van der Waals surface area contributed by atoms with Gasteiger partial charge in [0.2, 0.25) is 0 Å². The Morgan fingerprint density at radius 3 is 1.29 bits per heavy atom. The van der Waals surface area contributed by atoms with E-state index in [9.17, 15) is 0 Å². The average Bonchev–Trinajstić information content (AvgIpc) is 2.92. The first-order valence-electron chi connectivity index (χ1n) is 8.40. The Bertz CT molecular complexity index is 301. The zero-order valence-electron chi connectivity index (χ0n) is 13.0. The van der Waals surface area contributed by atoms with Crippen molar-refractivity contribution in [2.24, 2.45) is 0 Å². The van der Waals surface area contributed by atoms with Gasteiger partial charge in [-0.1, -0.05) is 50.1 Å². The zero-order valence-corrected chi connectivity index (χ0v) is 14.7. The summed E-state index contributed by atoms with van der Waals surface area (Å²) < 4.78 is 5.78. The molecule has 3 nitrogen and oxygen atoms in total. The molecule has 0 spiro atoms. The van der Waals surface area contributed by atoms with E-state index < -0.39 is 0 Å². The Morgan fingerprint density at radius 2 is 0.952 bits per heavy atom. The number of rotatable bonds is 4. The van der Waals surface area contributed by atoms with Crippen molar-refractivity contribution in [3.8, 4) is 0 Å². The van der Waals surface area contributed by atoms with E-state index >= 15 is 0 Å². The van der Waals surface area contributed by atoms with Crippen LogP contribution in [0.2, 0.25) is 0 Å². The van der Waals surface area contributed by atoms with Gasteiger partial charge in [0.1, 0.15) is 9.98 Å². The highest BCUT2D eigenvalue weighted by Gasteiger charge is 2.15. The number of hydrogen-bond acceptors (Lipinski definition) is 3. The lowest BCUT2D eigenvalue weighted by molar-refractivity contribution is 0.197. The predicted molar refractivity (Wildman–Crippen MR) is 96.1 cm³/mol. The van der Waals surface area contributed by atoms with Gasteiger partial charge in [-0.25, -0.2) is 0 Å². The molecule has 0 bridgehead atoms. The fourth-order valence-electron chi connectivity index (χ4n) is 3.05. The third-order valence-corrected chi connectivity index (χ3v) is 5.12. The molecular formula is C16H28N2OS2. The summed E-state index contributed by atoms with van der Waals surface area (Å²) in [6, 6.07) is 0. The summed E-state index contributed by atoms with van der Waals surface area (Å²) in [5.74, 6) is 0. The molecule has 2 saturated heterocycles. The maximum absolute atomic E-state index is 5.78. The first kappa shape index (κ1) is 17.1. The highest BCUT2D eigenvalue weighted by molar-refractivity contribution is 7.80. The van der Waals surface area contributed by atoms with E-state index in [0.717, 1.165) is 36.2 Å². The lowest BCUT2D eigenvalue weighted by Crippen LogP contribution is -2.36. The van der Waals surface area contributed by atoms with Gasteiger partial charge in [0.05, 0.1) is 13.2 Å². The van der Waals surface area contributed by atoms with Gasteiger partial charge >= 0.3 is 0 Å². The normalized spacial score (nSPS) is 20.8. The Morgan fingerprint density at radius 1 is 0.619 bits per heavy atom. The van der Waals surface area contributed by atoms with E-state index in [2.05, 4.69) is 9.80 Å². The summed E-state index contributed by atoms with van der Waals surface area (Å²) in [5, 5.41) is 0. The van der Waals surface area contributed by atoms with Crippen LogP contribution in [0.15, 0.2) is 0 Å². The van der Waals surface area contributed by atoms with Crippen LogP contribution in [0, 0.1) is 0 Å².